The van der Waals surface area contributed by atoms with E-state index in [0.717, 1.165) is 5.69 Å². The summed E-state index contributed by atoms with van der Waals surface area (Å²) in [6, 6.07) is 11.0. The van der Waals surface area contributed by atoms with Crippen LogP contribution in [0.5, 0.6) is 0 Å². The molecule has 2 N–H and O–H groups in total. The Kier molecular flexibility index (Phi) is 9.52. The number of nitrogens with one attached hydrogen (secondary N) is 2. The Morgan fingerprint density at radius 3 is 2.50 bits per heavy atom. The van der Waals surface area contributed by atoms with Crippen molar-refractivity contribution in [2.75, 3.05) is 32.8 Å². The van der Waals surface area contributed by atoms with E-state index in [1.807, 2.05) is 25.1 Å². The lowest BCUT2D eigenvalue weighted by molar-refractivity contribution is -0.144. The smallest absolute Gasteiger partial charge is 0.417 e. The average Bonchev–Trinajstić information content (AvgIpc) is 3.42. The predicted octanol–water partition coefficient (Wildman–Crippen LogP) is 1.65. The Morgan fingerprint density at radius 1 is 1.07 bits per heavy atom. The number of aromatic nitrogens is 4. The molecular weight excluding hydrogens is 518 g/mol. The number of aryl methyl sites for hydroxylation is 1. The molecule has 13 nitrogen and oxygen atoms in total. The molecule has 1 fully saturated rings. The van der Waals surface area contributed by atoms with Gasteiger partial charge in [-0.2, -0.15) is 5.10 Å². The summed E-state index contributed by atoms with van der Waals surface area (Å²) >= 11 is 0. The van der Waals surface area contributed by atoms with E-state index in [2.05, 4.69) is 25.7 Å². The van der Waals surface area contributed by atoms with Gasteiger partial charge in [0.25, 0.3) is 5.91 Å². The molecule has 0 spiro atoms. The van der Waals surface area contributed by atoms with Crippen molar-refractivity contribution >= 4 is 23.9 Å². The average molecular weight is 550 g/mol. The molecule has 1 atom stereocenters. The lowest BCUT2D eigenvalue weighted by atomic mass is 10.1. The Bertz CT molecular complexity index is 1350. The fourth-order valence-electron chi connectivity index (χ4n) is 3.97. The second kappa shape index (κ2) is 13.4. The number of carbonyl (C=O) groups excluding carboxylic acids is 4. The van der Waals surface area contributed by atoms with Crippen LogP contribution in [-0.2, 0) is 19.1 Å². The topological polar surface area (TPSA) is 158 Å². The van der Waals surface area contributed by atoms with Gasteiger partial charge in [-0.1, -0.05) is 30.3 Å². The van der Waals surface area contributed by atoms with Crippen LogP contribution >= 0.6 is 0 Å². The molecule has 1 saturated heterocycles. The number of rotatable bonds is 9. The van der Waals surface area contributed by atoms with Gasteiger partial charge in [-0.3, -0.25) is 9.59 Å². The number of hydrogen-bond acceptors (Lipinski definition) is 10. The van der Waals surface area contributed by atoms with Gasteiger partial charge >= 0.3 is 18.0 Å². The Hall–Kier alpha value is -4.65. The molecule has 1 aromatic carbocycles. The van der Waals surface area contributed by atoms with Crippen LogP contribution in [0.15, 0.2) is 48.7 Å². The summed E-state index contributed by atoms with van der Waals surface area (Å²) in [5.41, 5.74) is 1.38. The third kappa shape index (κ3) is 7.47. The minimum absolute atomic E-state index is 0.0422. The molecule has 13 heteroatoms. The highest BCUT2D eigenvalue weighted by atomic mass is 16.6. The maximum absolute atomic E-state index is 13.4. The van der Waals surface area contributed by atoms with Crippen LogP contribution in [0, 0.1) is 6.92 Å². The molecule has 0 saturated carbocycles. The molecule has 0 radical (unpaired) electrons. The van der Waals surface area contributed by atoms with Gasteiger partial charge in [0.1, 0.15) is 11.7 Å². The second-order valence-corrected chi connectivity index (χ2v) is 9.00. The number of nitrogens with zero attached hydrogens (tertiary/aromatic N) is 5. The summed E-state index contributed by atoms with van der Waals surface area (Å²) in [7, 11) is 0. The first-order valence-corrected chi connectivity index (χ1v) is 13.0. The minimum atomic E-state index is -1.31. The van der Waals surface area contributed by atoms with E-state index in [-0.39, 0.29) is 31.0 Å². The Morgan fingerprint density at radius 2 is 1.82 bits per heavy atom. The molecule has 2 amide bonds. The number of amides is 2. The van der Waals surface area contributed by atoms with Crippen molar-refractivity contribution in [2.45, 2.75) is 32.7 Å². The summed E-state index contributed by atoms with van der Waals surface area (Å²) in [6.45, 7) is 5.56. The van der Waals surface area contributed by atoms with E-state index in [1.54, 1.807) is 31.3 Å². The van der Waals surface area contributed by atoms with Gasteiger partial charge in [0.05, 0.1) is 12.3 Å². The predicted molar refractivity (Wildman–Crippen MR) is 142 cm³/mol. The molecule has 0 bridgehead atoms. The molecule has 1 aliphatic heterocycles. The highest BCUT2D eigenvalue weighted by Crippen LogP contribution is 2.18. The van der Waals surface area contributed by atoms with Crippen LogP contribution in [0.3, 0.4) is 0 Å². The molecule has 40 heavy (non-hydrogen) atoms. The van der Waals surface area contributed by atoms with E-state index in [4.69, 9.17) is 9.47 Å². The molecule has 3 aromatic rings. The van der Waals surface area contributed by atoms with Crippen molar-refractivity contribution in [1.29, 1.82) is 0 Å². The highest BCUT2D eigenvalue weighted by molar-refractivity contribution is 5.97. The van der Waals surface area contributed by atoms with Crippen molar-refractivity contribution in [3.63, 3.8) is 0 Å². The molecule has 210 valence electrons. The summed E-state index contributed by atoms with van der Waals surface area (Å²) < 4.78 is 11.5. The maximum Gasteiger partial charge on any atom is 0.417 e. The van der Waals surface area contributed by atoms with Crippen molar-refractivity contribution < 1.29 is 28.7 Å². The van der Waals surface area contributed by atoms with Gasteiger partial charge in [0.2, 0.25) is 0 Å². The first-order valence-electron chi connectivity index (χ1n) is 13.0. The summed E-state index contributed by atoms with van der Waals surface area (Å²) in [5, 5.41) is 10.1. The van der Waals surface area contributed by atoms with Crippen LogP contribution in [0.2, 0.25) is 0 Å². The van der Waals surface area contributed by atoms with Crippen molar-refractivity contribution in [1.82, 2.24) is 35.3 Å². The zero-order valence-electron chi connectivity index (χ0n) is 22.3. The number of benzene rings is 1. The fraction of sp³-hybridized carbons (Fsp3) is 0.370. The van der Waals surface area contributed by atoms with E-state index >= 15 is 0 Å². The zero-order valence-corrected chi connectivity index (χ0v) is 22.3. The monoisotopic (exact) mass is 549 g/mol. The van der Waals surface area contributed by atoms with Gasteiger partial charge < -0.3 is 25.0 Å². The van der Waals surface area contributed by atoms with E-state index in [0.29, 0.717) is 37.6 Å². The minimum Gasteiger partial charge on any atom is -0.466 e. The summed E-state index contributed by atoms with van der Waals surface area (Å²) in [4.78, 5) is 61.4. The quantitative estimate of drug-likeness (QED) is 0.297. The van der Waals surface area contributed by atoms with Crippen LogP contribution < -0.4 is 10.6 Å². The summed E-state index contributed by atoms with van der Waals surface area (Å²) in [5.74, 6) is -1.64. The third-order valence-electron chi connectivity index (χ3n) is 6.03. The molecule has 1 unspecified atom stereocenters. The number of hydrogen-bond donors (Lipinski definition) is 2. The fourth-order valence-corrected chi connectivity index (χ4v) is 3.97. The lowest BCUT2D eigenvalue weighted by Gasteiger charge is -2.26. The van der Waals surface area contributed by atoms with Crippen LogP contribution in [0.4, 0.5) is 4.79 Å². The van der Waals surface area contributed by atoms with Crippen LogP contribution in [-0.4, -0.2) is 87.4 Å². The highest BCUT2D eigenvalue weighted by Gasteiger charge is 2.29. The van der Waals surface area contributed by atoms with Gasteiger partial charge in [-0.15, -0.1) is 0 Å². The van der Waals surface area contributed by atoms with E-state index in [9.17, 15) is 19.2 Å². The first kappa shape index (κ1) is 28.4. The first-order chi connectivity index (χ1) is 19.3. The SMILES string of the molecule is CCOC(=O)CCC(NC(=O)c1cc(-n2ccc(C)n2)nc(-c2ccccc2)n1)C(=O)OC(=O)N1CCNCC1. The molecular formula is C27H31N7O6. The Balaban J connectivity index is 1.59. The van der Waals surface area contributed by atoms with E-state index < -0.39 is 30.0 Å². The maximum atomic E-state index is 13.4. The zero-order chi connectivity index (χ0) is 28.5. The summed E-state index contributed by atoms with van der Waals surface area (Å²) in [6.07, 6.45) is 0.578. The normalized spacial score (nSPS) is 13.8. The van der Waals surface area contributed by atoms with Gasteiger partial charge in [0, 0.05) is 50.4 Å². The molecule has 3 heterocycles. The number of ether oxygens (including phenoxy) is 2. The third-order valence-corrected chi connectivity index (χ3v) is 6.03. The molecule has 2 aromatic heterocycles. The number of carbonyl (C=O) groups is 4. The standard InChI is InChI=1S/C27H31N7O6/c1-3-39-23(35)10-9-20(26(37)40-27(38)33-15-12-28-13-16-33)30-25(36)21-17-22(34-14-11-18(2)32-34)31-24(29-21)19-7-5-4-6-8-19/h4-8,11,14,17,20,28H,3,9-10,12-13,15-16H2,1-2H3,(H,30,36). The molecule has 1 aliphatic rings. The van der Waals surface area contributed by atoms with Crippen molar-refractivity contribution in [2.24, 2.45) is 0 Å². The van der Waals surface area contributed by atoms with Gasteiger partial charge in [0.15, 0.2) is 11.6 Å². The number of piperazine rings is 1. The lowest BCUT2D eigenvalue weighted by Crippen LogP contribution is -2.49. The van der Waals surface area contributed by atoms with Crippen molar-refractivity contribution in [3.8, 4) is 17.2 Å². The van der Waals surface area contributed by atoms with Gasteiger partial charge in [-0.25, -0.2) is 24.2 Å². The largest absolute Gasteiger partial charge is 0.466 e. The van der Waals surface area contributed by atoms with Gasteiger partial charge in [-0.05, 0) is 26.3 Å². The Labute approximate surface area is 230 Å². The van der Waals surface area contributed by atoms with Crippen LogP contribution in [0.1, 0.15) is 35.9 Å². The second-order valence-electron chi connectivity index (χ2n) is 9.00. The number of esters is 2. The molecule has 0 aliphatic carbocycles. The molecule has 4 rings (SSSR count). The van der Waals surface area contributed by atoms with E-state index in [1.165, 1.54) is 15.6 Å². The van der Waals surface area contributed by atoms with Crippen molar-refractivity contribution in [3.05, 3.63) is 60.0 Å². The van der Waals surface area contributed by atoms with Crippen LogP contribution in [0.25, 0.3) is 17.2 Å².